The van der Waals surface area contributed by atoms with Crippen LogP contribution in [0.1, 0.15) is 73.6 Å². The van der Waals surface area contributed by atoms with Crippen LogP contribution >= 0.6 is 0 Å². The third-order valence-electron chi connectivity index (χ3n) is 11.1. The summed E-state index contributed by atoms with van der Waals surface area (Å²) in [5.41, 5.74) is 1.01. The van der Waals surface area contributed by atoms with Gasteiger partial charge in [-0.25, -0.2) is 0 Å². The fraction of sp³-hybridized carbons (Fsp3) is 0.733. The molecule has 4 aliphatic carbocycles. The van der Waals surface area contributed by atoms with Crippen LogP contribution in [0.3, 0.4) is 0 Å². The Morgan fingerprint density at radius 1 is 1.18 bits per heavy atom. The minimum Gasteiger partial charge on any atom is -0.395 e. The lowest BCUT2D eigenvalue weighted by Crippen LogP contribution is -2.63. The van der Waals surface area contributed by atoms with Gasteiger partial charge in [-0.2, -0.15) is 0 Å². The molecular weight excluding hydrogens is 424 g/mol. The lowest BCUT2D eigenvalue weighted by molar-refractivity contribution is -0.161. The largest absolute Gasteiger partial charge is 0.395 e. The van der Waals surface area contributed by atoms with Gasteiger partial charge in [0.05, 0.1) is 30.1 Å². The van der Waals surface area contributed by atoms with E-state index in [-0.39, 0.29) is 46.9 Å². The highest BCUT2D eigenvalue weighted by Gasteiger charge is 2.68. The number of aliphatic hydroxyl groups excluding tert-OH is 1. The van der Waals surface area contributed by atoms with Gasteiger partial charge in [-0.3, -0.25) is 9.59 Å². The number of fused-ring (bicyclic) bond motifs is 5. The summed E-state index contributed by atoms with van der Waals surface area (Å²) in [7, 11) is 0. The zero-order valence-corrected chi connectivity index (χ0v) is 21.8. The van der Waals surface area contributed by atoms with E-state index in [9.17, 15) is 14.7 Å². The highest BCUT2D eigenvalue weighted by atomic mass is 16.5. The van der Waals surface area contributed by atoms with Crippen molar-refractivity contribution in [2.24, 2.45) is 45.3 Å². The maximum absolute atomic E-state index is 14.1. The normalized spacial score (nSPS) is 49.9. The van der Waals surface area contributed by atoms with Crippen molar-refractivity contribution < 1.29 is 19.4 Å². The lowest BCUT2D eigenvalue weighted by Gasteiger charge is -2.64. The van der Waals surface area contributed by atoms with Crippen molar-refractivity contribution in [3.63, 3.8) is 0 Å². The van der Waals surface area contributed by atoms with E-state index in [1.807, 2.05) is 6.92 Å². The molecular formula is C30H42O4. The Labute approximate surface area is 204 Å². The second-order valence-corrected chi connectivity index (χ2v) is 13.1. The molecule has 186 valence electrons. The van der Waals surface area contributed by atoms with Crippen molar-refractivity contribution in [2.75, 3.05) is 13.2 Å². The number of carbonyl (C=O) groups is 2. The first-order valence-corrected chi connectivity index (χ1v) is 13.3. The minimum atomic E-state index is -0.880. The van der Waals surface area contributed by atoms with Crippen molar-refractivity contribution in [1.82, 2.24) is 0 Å². The molecule has 4 heteroatoms. The smallest absolute Gasteiger partial charge is 0.163 e. The first kappa shape index (κ1) is 24.2. The lowest BCUT2D eigenvalue weighted by atomic mass is 9.38. The predicted octanol–water partition coefficient (Wildman–Crippen LogP) is 5.46. The molecule has 34 heavy (non-hydrogen) atoms. The van der Waals surface area contributed by atoms with Crippen LogP contribution in [0.15, 0.2) is 35.5 Å². The van der Waals surface area contributed by atoms with Crippen LogP contribution in [-0.4, -0.2) is 36.0 Å². The summed E-state index contributed by atoms with van der Waals surface area (Å²) in [6.07, 6.45) is 13.2. The van der Waals surface area contributed by atoms with E-state index >= 15 is 0 Å². The molecule has 0 aromatic rings. The molecule has 0 aromatic carbocycles. The van der Waals surface area contributed by atoms with E-state index in [4.69, 9.17) is 4.74 Å². The monoisotopic (exact) mass is 466 g/mol. The number of aliphatic hydroxyl groups is 1. The standard InChI is InChI=1S/C30H42O4/c1-18(2)13-20-14-19(16-34-20)21-7-8-22-27(21,3)11-9-23-28(4)12-10-25(32)29(5,17-31)24(28)15-26(33)30(22,23)6/h8,10,12-13,19-21,23-24,31H,7,9,11,14-17H2,1-6H3/t19-,20?,21-,23+,24+,27-,28+,29+,30-/m0/s1. The van der Waals surface area contributed by atoms with Crippen molar-refractivity contribution in [3.05, 3.63) is 35.5 Å². The third-order valence-corrected chi connectivity index (χ3v) is 11.1. The molecule has 0 aromatic heterocycles. The summed E-state index contributed by atoms with van der Waals surface area (Å²) in [6.45, 7) is 13.6. The number of ketones is 2. The molecule has 1 N–H and O–H groups in total. The zero-order chi connectivity index (χ0) is 24.7. The molecule has 0 bridgehead atoms. The first-order chi connectivity index (χ1) is 15.9. The minimum absolute atomic E-state index is 0.0203. The van der Waals surface area contributed by atoms with Crippen molar-refractivity contribution in [1.29, 1.82) is 0 Å². The molecule has 1 saturated heterocycles. The topological polar surface area (TPSA) is 63.6 Å². The van der Waals surface area contributed by atoms with Gasteiger partial charge in [0.15, 0.2) is 5.78 Å². The highest BCUT2D eigenvalue weighted by Crippen LogP contribution is 2.71. The van der Waals surface area contributed by atoms with Crippen LogP contribution in [0.4, 0.5) is 0 Å². The molecule has 4 nitrogen and oxygen atoms in total. The second-order valence-electron chi connectivity index (χ2n) is 13.1. The Hall–Kier alpha value is -1.52. The number of allylic oxidation sites excluding steroid dienone is 5. The molecule has 0 radical (unpaired) electrons. The van der Waals surface area contributed by atoms with E-state index in [1.165, 1.54) is 11.1 Å². The Kier molecular flexibility index (Phi) is 5.50. The molecule has 1 unspecified atom stereocenters. The first-order valence-electron chi connectivity index (χ1n) is 13.3. The summed E-state index contributed by atoms with van der Waals surface area (Å²) < 4.78 is 6.17. The third kappa shape index (κ3) is 3.03. The van der Waals surface area contributed by atoms with E-state index in [2.05, 4.69) is 52.8 Å². The van der Waals surface area contributed by atoms with E-state index in [1.54, 1.807) is 6.08 Å². The Bertz CT molecular complexity index is 1000. The maximum atomic E-state index is 14.1. The van der Waals surface area contributed by atoms with E-state index in [0.717, 1.165) is 32.3 Å². The van der Waals surface area contributed by atoms with Crippen LogP contribution < -0.4 is 0 Å². The van der Waals surface area contributed by atoms with Gasteiger partial charge in [0, 0.05) is 6.42 Å². The van der Waals surface area contributed by atoms with Gasteiger partial charge < -0.3 is 9.84 Å². The van der Waals surface area contributed by atoms with Gasteiger partial charge in [-0.15, -0.1) is 0 Å². The molecule has 1 heterocycles. The van der Waals surface area contributed by atoms with Crippen LogP contribution in [-0.2, 0) is 14.3 Å². The van der Waals surface area contributed by atoms with Crippen molar-refractivity contribution in [2.45, 2.75) is 79.8 Å². The van der Waals surface area contributed by atoms with Crippen LogP contribution in [0, 0.1) is 45.3 Å². The predicted molar refractivity (Wildman–Crippen MR) is 133 cm³/mol. The van der Waals surface area contributed by atoms with Crippen molar-refractivity contribution in [3.8, 4) is 0 Å². The van der Waals surface area contributed by atoms with Gasteiger partial charge >= 0.3 is 0 Å². The molecule has 0 spiro atoms. The van der Waals surface area contributed by atoms with Gasteiger partial charge in [-0.1, -0.05) is 43.2 Å². The zero-order valence-electron chi connectivity index (χ0n) is 21.8. The summed E-state index contributed by atoms with van der Waals surface area (Å²) in [5.74, 6) is 1.26. The number of carbonyl (C=O) groups excluding carboxylic acids is 2. The van der Waals surface area contributed by atoms with Crippen LogP contribution in [0.5, 0.6) is 0 Å². The summed E-state index contributed by atoms with van der Waals surface area (Å²) in [4.78, 5) is 26.9. The number of hydrogen-bond donors (Lipinski definition) is 1. The maximum Gasteiger partial charge on any atom is 0.163 e. The molecule has 5 aliphatic rings. The Morgan fingerprint density at radius 3 is 2.59 bits per heavy atom. The second kappa shape index (κ2) is 7.74. The average molecular weight is 467 g/mol. The number of Topliss-reactive ketones (excluding diaryl/α,β-unsaturated/α-hetero) is 1. The SMILES string of the molecule is CC(C)=CC1C[C@H]([C@@H]2CC=C3[C@]4(C)C(=O)C[C@@H]5[C@](C)(C=CC(=O)[C@]5(C)CO)[C@H]4CC[C@]32C)CO1. The van der Waals surface area contributed by atoms with E-state index in [0.29, 0.717) is 18.3 Å². The van der Waals surface area contributed by atoms with E-state index < -0.39 is 10.8 Å². The average Bonchev–Trinajstić information content (AvgIpc) is 3.37. The number of ether oxygens (including phenoxy) is 1. The van der Waals surface area contributed by atoms with Crippen LogP contribution in [0.25, 0.3) is 0 Å². The fourth-order valence-electron chi connectivity index (χ4n) is 9.23. The molecule has 2 saturated carbocycles. The number of hydrogen-bond acceptors (Lipinski definition) is 4. The molecule has 9 atom stereocenters. The number of rotatable bonds is 3. The quantitative estimate of drug-likeness (QED) is 0.561. The molecule has 0 amide bonds. The Balaban J connectivity index is 1.49. The highest BCUT2D eigenvalue weighted by molar-refractivity contribution is 5.98. The van der Waals surface area contributed by atoms with Crippen LogP contribution in [0.2, 0.25) is 0 Å². The van der Waals surface area contributed by atoms with Gasteiger partial charge in [0.1, 0.15) is 5.78 Å². The summed E-state index contributed by atoms with van der Waals surface area (Å²) in [6, 6.07) is 0. The van der Waals surface area contributed by atoms with Gasteiger partial charge in [-0.05, 0) is 94.0 Å². The summed E-state index contributed by atoms with van der Waals surface area (Å²) in [5, 5.41) is 10.3. The fourth-order valence-corrected chi connectivity index (χ4v) is 9.23. The van der Waals surface area contributed by atoms with Crippen molar-refractivity contribution >= 4 is 11.6 Å². The molecule has 3 fully saturated rings. The van der Waals surface area contributed by atoms with Gasteiger partial charge in [0.25, 0.3) is 0 Å². The van der Waals surface area contributed by atoms with Gasteiger partial charge in [0.2, 0.25) is 0 Å². The molecule has 5 rings (SSSR count). The molecule has 1 aliphatic heterocycles. The summed E-state index contributed by atoms with van der Waals surface area (Å²) >= 11 is 0. The Morgan fingerprint density at radius 2 is 1.91 bits per heavy atom.